The third kappa shape index (κ3) is 6.68. The predicted molar refractivity (Wildman–Crippen MR) is 87.5 cm³/mol. The normalized spacial score (nSPS) is 26.5. The number of carbonyl (C=O) groups is 1. The first-order chi connectivity index (χ1) is 9.73. The molecule has 0 spiro atoms. The average molecular weight is 298 g/mol. The first-order valence-corrected chi connectivity index (χ1v) is 8.44. The molecule has 1 aliphatic rings. The number of hydrogen-bond donors (Lipinski definition) is 1. The van der Waals surface area contributed by atoms with Crippen molar-refractivity contribution < 1.29 is 9.53 Å². The first kappa shape index (κ1) is 18.3. The molecule has 3 unspecified atom stereocenters. The Morgan fingerprint density at radius 3 is 2.43 bits per heavy atom. The summed E-state index contributed by atoms with van der Waals surface area (Å²) in [5.74, 6) is 1.64. The van der Waals surface area contributed by atoms with Crippen molar-refractivity contribution in [3.8, 4) is 0 Å². The van der Waals surface area contributed by atoms with E-state index >= 15 is 0 Å². The Morgan fingerprint density at radius 2 is 1.90 bits per heavy atom. The van der Waals surface area contributed by atoms with E-state index in [4.69, 9.17) is 4.74 Å². The van der Waals surface area contributed by atoms with Crippen LogP contribution in [0.1, 0.15) is 60.8 Å². The summed E-state index contributed by atoms with van der Waals surface area (Å²) in [7, 11) is 0. The highest BCUT2D eigenvalue weighted by Gasteiger charge is 2.25. The van der Waals surface area contributed by atoms with E-state index < -0.39 is 5.60 Å². The summed E-state index contributed by atoms with van der Waals surface area (Å²) >= 11 is 0. The number of carbonyl (C=O) groups excluding carboxylic acids is 1. The topological polar surface area (TPSA) is 41.6 Å². The molecular weight excluding hydrogens is 264 g/mol. The second-order valence-electron chi connectivity index (χ2n) is 7.48. The quantitative estimate of drug-likeness (QED) is 0.842. The Morgan fingerprint density at radius 1 is 1.24 bits per heavy atom. The zero-order valence-corrected chi connectivity index (χ0v) is 14.7. The van der Waals surface area contributed by atoms with E-state index in [1.807, 2.05) is 27.7 Å². The van der Waals surface area contributed by atoms with Crippen molar-refractivity contribution in [2.75, 3.05) is 19.6 Å². The standard InChI is InChI=1S/C17H34N2O2/c1-7-19(16(20)21-17(4,5)6)11-10-18-15-9-8-13(2)14(3)12-15/h13-15,18H,7-12H2,1-6H3. The fourth-order valence-corrected chi connectivity index (χ4v) is 2.84. The van der Waals surface area contributed by atoms with E-state index in [9.17, 15) is 4.79 Å². The van der Waals surface area contributed by atoms with Crippen LogP contribution in [-0.4, -0.2) is 42.3 Å². The Bertz CT molecular complexity index is 325. The van der Waals surface area contributed by atoms with E-state index in [1.54, 1.807) is 4.90 Å². The van der Waals surface area contributed by atoms with Crippen LogP contribution in [0.25, 0.3) is 0 Å². The number of nitrogens with one attached hydrogen (secondary N) is 1. The molecule has 0 saturated heterocycles. The highest BCUT2D eigenvalue weighted by Crippen LogP contribution is 2.29. The highest BCUT2D eigenvalue weighted by atomic mass is 16.6. The lowest BCUT2D eigenvalue weighted by Gasteiger charge is -2.33. The third-order valence-corrected chi connectivity index (χ3v) is 4.45. The lowest BCUT2D eigenvalue weighted by atomic mass is 9.79. The van der Waals surface area contributed by atoms with Gasteiger partial charge in [-0.15, -0.1) is 0 Å². The Hall–Kier alpha value is -0.770. The van der Waals surface area contributed by atoms with Crippen molar-refractivity contribution in [2.24, 2.45) is 11.8 Å². The number of ether oxygens (including phenoxy) is 1. The van der Waals surface area contributed by atoms with Gasteiger partial charge in [0.25, 0.3) is 0 Å². The van der Waals surface area contributed by atoms with Gasteiger partial charge in [0.2, 0.25) is 0 Å². The molecule has 4 heteroatoms. The molecule has 0 bridgehead atoms. The SMILES string of the molecule is CCN(CCNC1CCC(C)C(C)C1)C(=O)OC(C)(C)C. The maximum Gasteiger partial charge on any atom is 0.410 e. The fourth-order valence-electron chi connectivity index (χ4n) is 2.84. The molecule has 1 rings (SSSR count). The van der Waals surface area contributed by atoms with Gasteiger partial charge in [0.1, 0.15) is 5.60 Å². The maximum atomic E-state index is 12.0. The minimum absolute atomic E-state index is 0.211. The Kier molecular flexibility index (Phi) is 6.98. The second-order valence-corrected chi connectivity index (χ2v) is 7.48. The maximum absolute atomic E-state index is 12.0. The Labute approximate surface area is 130 Å². The number of hydrogen-bond acceptors (Lipinski definition) is 3. The van der Waals surface area contributed by atoms with Crippen molar-refractivity contribution >= 4 is 6.09 Å². The van der Waals surface area contributed by atoms with Crippen molar-refractivity contribution in [2.45, 2.75) is 72.4 Å². The van der Waals surface area contributed by atoms with Gasteiger partial charge in [0.05, 0.1) is 0 Å². The highest BCUT2D eigenvalue weighted by molar-refractivity contribution is 5.68. The zero-order chi connectivity index (χ0) is 16.0. The average Bonchev–Trinajstić information content (AvgIpc) is 2.36. The van der Waals surface area contributed by atoms with Crippen LogP contribution in [0.3, 0.4) is 0 Å². The number of nitrogens with zero attached hydrogens (tertiary/aromatic N) is 1. The molecule has 0 aromatic heterocycles. The first-order valence-electron chi connectivity index (χ1n) is 8.44. The number of rotatable bonds is 5. The minimum Gasteiger partial charge on any atom is -0.444 e. The van der Waals surface area contributed by atoms with Crippen LogP contribution in [0.15, 0.2) is 0 Å². The number of amides is 1. The number of likely N-dealkylation sites (N-methyl/N-ethyl adjacent to an activating group) is 1. The largest absolute Gasteiger partial charge is 0.444 e. The molecule has 1 fully saturated rings. The van der Waals surface area contributed by atoms with Gasteiger partial charge in [-0.3, -0.25) is 0 Å². The Balaban J connectivity index is 2.31. The molecule has 1 saturated carbocycles. The molecule has 124 valence electrons. The summed E-state index contributed by atoms with van der Waals surface area (Å²) in [6.45, 7) is 14.7. The monoisotopic (exact) mass is 298 g/mol. The van der Waals surface area contributed by atoms with Gasteiger partial charge < -0.3 is 15.0 Å². The molecule has 0 heterocycles. The van der Waals surface area contributed by atoms with E-state index in [0.29, 0.717) is 19.1 Å². The summed E-state index contributed by atoms with van der Waals surface area (Å²) in [4.78, 5) is 13.8. The van der Waals surface area contributed by atoms with E-state index in [1.165, 1.54) is 19.3 Å². The summed E-state index contributed by atoms with van der Waals surface area (Å²) in [6.07, 6.45) is 3.60. The molecule has 0 aliphatic heterocycles. The molecule has 21 heavy (non-hydrogen) atoms. The smallest absolute Gasteiger partial charge is 0.410 e. The predicted octanol–water partition coefficient (Wildman–Crippen LogP) is 3.66. The molecule has 1 amide bonds. The van der Waals surface area contributed by atoms with Gasteiger partial charge >= 0.3 is 6.09 Å². The summed E-state index contributed by atoms with van der Waals surface area (Å²) in [5, 5.41) is 3.61. The zero-order valence-electron chi connectivity index (χ0n) is 14.7. The molecular formula is C17H34N2O2. The molecule has 0 aromatic rings. The molecule has 4 nitrogen and oxygen atoms in total. The van der Waals surface area contributed by atoms with Crippen LogP contribution in [0.2, 0.25) is 0 Å². The van der Waals surface area contributed by atoms with Crippen molar-refractivity contribution in [3.05, 3.63) is 0 Å². The lowest BCUT2D eigenvalue weighted by Crippen LogP contribution is -2.43. The van der Waals surface area contributed by atoms with Crippen LogP contribution in [0.4, 0.5) is 4.79 Å². The van der Waals surface area contributed by atoms with Gasteiger partial charge in [-0.2, -0.15) is 0 Å². The van der Waals surface area contributed by atoms with E-state index in [-0.39, 0.29) is 6.09 Å². The fraction of sp³-hybridized carbons (Fsp3) is 0.941. The van der Waals surface area contributed by atoms with E-state index in [2.05, 4.69) is 19.2 Å². The molecule has 1 N–H and O–H groups in total. The van der Waals surface area contributed by atoms with Crippen molar-refractivity contribution in [1.82, 2.24) is 10.2 Å². The van der Waals surface area contributed by atoms with Gasteiger partial charge in [-0.1, -0.05) is 13.8 Å². The van der Waals surface area contributed by atoms with Gasteiger partial charge in [0.15, 0.2) is 0 Å². The molecule has 0 radical (unpaired) electrons. The third-order valence-electron chi connectivity index (χ3n) is 4.45. The van der Waals surface area contributed by atoms with Crippen molar-refractivity contribution in [3.63, 3.8) is 0 Å². The summed E-state index contributed by atoms with van der Waals surface area (Å²) < 4.78 is 5.42. The van der Waals surface area contributed by atoms with Crippen molar-refractivity contribution in [1.29, 1.82) is 0 Å². The van der Waals surface area contributed by atoms with Crippen LogP contribution in [-0.2, 0) is 4.74 Å². The van der Waals surface area contributed by atoms with Gasteiger partial charge in [-0.05, 0) is 58.8 Å². The molecule has 1 aliphatic carbocycles. The van der Waals surface area contributed by atoms with Crippen LogP contribution >= 0.6 is 0 Å². The lowest BCUT2D eigenvalue weighted by molar-refractivity contribution is 0.0259. The summed E-state index contributed by atoms with van der Waals surface area (Å²) in [5.41, 5.74) is -0.424. The minimum atomic E-state index is -0.424. The summed E-state index contributed by atoms with van der Waals surface area (Å²) in [6, 6.07) is 0.605. The second kappa shape index (κ2) is 8.02. The van der Waals surface area contributed by atoms with Crippen LogP contribution in [0, 0.1) is 11.8 Å². The van der Waals surface area contributed by atoms with Crippen LogP contribution in [0.5, 0.6) is 0 Å². The van der Waals surface area contributed by atoms with Gasteiger partial charge in [-0.25, -0.2) is 4.79 Å². The molecule has 3 atom stereocenters. The van der Waals surface area contributed by atoms with E-state index in [0.717, 1.165) is 18.4 Å². The van der Waals surface area contributed by atoms with Gasteiger partial charge in [0, 0.05) is 25.7 Å². The van der Waals surface area contributed by atoms with Crippen LogP contribution < -0.4 is 5.32 Å². The molecule has 0 aromatic carbocycles.